The highest BCUT2D eigenvalue weighted by Crippen LogP contribution is 2.29. The summed E-state index contributed by atoms with van der Waals surface area (Å²) in [6.45, 7) is 16.6. The number of aromatic nitrogens is 1. The van der Waals surface area contributed by atoms with Crippen LogP contribution in [0.3, 0.4) is 0 Å². The van der Waals surface area contributed by atoms with Gasteiger partial charge in [-0.3, -0.25) is 4.98 Å². The van der Waals surface area contributed by atoms with Crippen molar-refractivity contribution in [1.29, 1.82) is 0 Å². The summed E-state index contributed by atoms with van der Waals surface area (Å²) in [7, 11) is 0. The average molecular weight is 500 g/mol. The van der Waals surface area contributed by atoms with Gasteiger partial charge in [0, 0.05) is 43.1 Å². The van der Waals surface area contributed by atoms with Gasteiger partial charge < -0.3 is 14.5 Å². The Kier molecular flexibility index (Phi) is 7.91. The average Bonchev–Trinajstić information content (AvgIpc) is 2.85. The summed E-state index contributed by atoms with van der Waals surface area (Å²) in [4.78, 5) is 21.7. The maximum absolute atomic E-state index is 12.6. The van der Waals surface area contributed by atoms with E-state index in [0.29, 0.717) is 19.1 Å². The molecule has 1 fully saturated rings. The number of rotatable bonds is 5. The van der Waals surface area contributed by atoms with E-state index in [1.54, 1.807) is 0 Å². The van der Waals surface area contributed by atoms with Crippen LogP contribution < -0.4 is 4.90 Å². The molecule has 5 nitrogen and oxygen atoms in total. The Labute approximate surface area is 222 Å². The highest BCUT2D eigenvalue weighted by atomic mass is 16.6. The molecule has 37 heavy (non-hydrogen) atoms. The molecule has 2 heterocycles. The Balaban J connectivity index is 1.56. The van der Waals surface area contributed by atoms with Crippen LogP contribution >= 0.6 is 0 Å². The highest BCUT2D eigenvalue weighted by molar-refractivity contribution is 5.68. The van der Waals surface area contributed by atoms with Crippen LogP contribution in [0.2, 0.25) is 0 Å². The van der Waals surface area contributed by atoms with E-state index in [9.17, 15) is 4.79 Å². The molecule has 1 aliphatic heterocycles. The van der Waals surface area contributed by atoms with Crippen LogP contribution in [0.25, 0.3) is 11.3 Å². The summed E-state index contributed by atoms with van der Waals surface area (Å²) in [5, 5.41) is 0. The van der Waals surface area contributed by atoms with Crippen molar-refractivity contribution in [2.24, 2.45) is 0 Å². The number of amides is 1. The van der Waals surface area contributed by atoms with E-state index >= 15 is 0 Å². The molecule has 3 aromatic rings. The minimum Gasteiger partial charge on any atom is -0.444 e. The normalized spacial score (nSPS) is 14.5. The van der Waals surface area contributed by atoms with Crippen LogP contribution in [0.4, 0.5) is 10.5 Å². The van der Waals surface area contributed by atoms with E-state index in [4.69, 9.17) is 9.72 Å². The molecule has 0 unspecified atom stereocenters. The fraction of sp³-hybridized carbons (Fsp3) is 0.438. The number of aryl methyl sites for hydroxylation is 3. The molecule has 1 amide bonds. The molecule has 2 aromatic carbocycles. The molecule has 196 valence electrons. The Morgan fingerprint density at radius 2 is 1.59 bits per heavy atom. The molecule has 0 atom stereocenters. The second kappa shape index (κ2) is 11.0. The van der Waals surface area contributed by atoms with Gasteiger partial charge in [0.2, 0.25) is 0 Å². The van der Waals surface area contributed by atoms with Crippen molar-refractivity contribution in [1.82, 2.24) is 9.88 Å². The van der Waals surface area contributed by atoms with Crippen molar-refractivity contribution in [3.8, 4) is 11.3 Å². The number of carbonyl (C=O) groups is 1. The zero-order valence-electron chi connectivity index (χ0n) is 23.5. The summed E-state index contributed by atoms with van der Waals surface area (Å²) in [5.74, 6) is 0. The predicted octanol–water partition coefficient (Wildman–Crippen LogP) is 7.39. The van der Waals surface area contributed by atoms with Gasteiger partial charge in [-0.05, 0) is 120 Å². The quantitative estimate of drug-likeness (QED) is 0.367. The van der Waals surface area contributed by atoms with E-state index in [1.807, 2.05) is 31.9 Å². The van der Waals surface area contributed by atoms with Gasteiger partial charge in [0.15, 0.2) is 0 Å². The van der Waals surface area contributed by atoms with Gasteiger partial charge in [-0.25, -0.2) is 4.79 Å². The van der Waals surface area contributed by atoms with Gasteiger partial charge in [0.05, 0.1) is 5.69 Å². The number of hydrogen-bond acceptors (Lipinski definition) is 4. The first-order valence-electron chi connectivity index (χ1n) is 13.3. The number of carbonyl (C=O) groups excluding carboxylic acids is 1. The number of hydrogen-bond donors (Lipinski definition) is 0. The Bertz CT molecular complexity index is 1210. The van der Waals surface area contributed by atoms with Crippen molar-refractivity contribution < 1.29 is 9.53 Å². The third kappa shape index (κ3) is 6.71. The fourth-order valence-electron chi connectivity index (χ4n) is 4.96. The zero-order chi connectivity index (χ0) is 26.7. The summed E-state index contributed by atoms with van der Waals surface area (Å²) in [5.41, 5.74) is 9.30. The predicted molar refractivity (Wildman–Crippen MR) is 152 cm³/mol. The van der Waals surface area contributed by atoms with Crippen molar-refractivity contribution in [3.63, 3.8) is 0 Å². The van der Waals surface area contributed by atoms with Crippen LogP contribution in [0.15, 0.2) is 54.7 Å². The first-order chi connectivity index (χ1) is 17.5. The lowest BCUT2D eigenvalue weighted by molar-refractivity contribution is 0.0204. The van der Waals surface area contributed by atoms with E-state index in [-0.39, 0.29) is 6.09 Å². The fourth-order valence-corrected chi connectivity index (χ4v) is 4.96. The molecule has 1 aliphatic rings. The Morgan fingerprint density at radius 1 is 0.973 bits per heavy atom. The smallest absolute Gasteiger partial charge is 0.410 e. The molecule has 0 saturated carbocycles. The van der Waals surface area contributed by atoms with Gasteiger partial charge in [-0.15, -0.1) is 0 Å². The van der Waals surface area contributed by atoms with Gasteiger partial charge in [0.25, 0.3) is 0 Å². The largest absolute Gasteiger partial charge is 0.444 e. The molecule has 5 heteroatoms. The summed E-state index contributed by atoms with van der Waals surface area (Å²) in [6.07, 6.45) is 3.52. The molecule has 0 aliphatic carbocycles. The summed E-state index contributed by atoms with van der Waals surface area (Å²) < 4.78 is 5.61. The number of ether oxygens (including phenoxy) is 1. The maximum Gasteiger partial charge on any atom is 0.410 e. The van der Waals surface area contributed by atoms with Gasteiger partial charge in [-0.1, -0.05) is 17.7 Å². The minimum absolute atomic E-state index is 0.213. The van der Waals surface area contributed by atoms with E-state index in [1.165, 1.54) is 33.5 Å². The molecule has 0 N–H and O–H groups in total. The molecule has 1 saturated heterocycles. The van der Waals surface area contributed by atoms with E-state index in [2.05, 4.69) is 81.1 Å². The molecule has 0 bridgehead atoms. The van der Waals surface area contributed by atoms with E-state index in [0.717, 1.165) is 30.6 Å². The van der Waals surface area contributed by atoms with Crippen LogP contribution in [0.5, 0.6) is 0 Å². The molecular formula is C32H41N3O2. The number of benzene rings is 2. The number of pyridine rings is 1. The third-order valence-electron chi connectivity index (χ3n) is 7.32. The van der Waals surface area contributed by atoms with E-state index < -0.39 is 5.60 Å². The number of likely N-dealkylation sites (tertiary alicyclic amines) is 1. The standard InChI is InChI=1S/C32H41N3O2/c1-22-8-10-28(11-9-22)35(29-13-16-34(17-14-29)31(36)37-32(5,6)7)21-26-12-15-33-30(20-26)27-18-23(2)25(4)24(3)19-27/h8-12,15,18-20,29H,13-14,16-17,21H2,1-7H3. The molecule has 4 rings (SSSR count). The first-order valence-corrected chi connectivity index (χ1v) is 13.3. The lowest BCUT2D eigenvalue weighted by Crippen LogP contribution is -2.48. The lowest BCUT2D eigenvalue weighted by atomic mass is 9.98. The van der Waals surface area contributed by atoms with Crippen molar-refractivity contribution in [2.45, 2.75) is 79.5 Å². The molecule has 1 aromatic heterocycles. The monoisotopic (exact) mass is 499 g/mol. The molecule has 0 spiro atoms. The van der Waals surface area contributed by atoms with Crippen molar-refractivity contribution in [2.75, 3.05) is 18.0 Å². The zero-order valence-corrected chi connectivity index (χ0v) is 23.5. The van der Waals surface area contributed by atoms with Crippen LogP contribution in [-0.4, -0.2) is 40.7 Å². The van der Waals surface area contributed by atoms with Gasteiger partial charge in [-0.2, -0.15) is 0 Å². The molecular weight excluding hydrogens is 458 g/mol. The second-order valence-corrected chi connectivity index (χ2v) is 11.4. The third-order valence-corrected chi connectivity index (χ3v) is 7.32. The maximum atomic E-state index is 12.6. The van der Waals surface area contributed by atoms with Crippen LogP contribution in [0.1, 0.15) is 61.4 Å². The number of nitrogens with zero attached hydrogens (tertiary/aromatic N) is 3. The first kappa shape index (κ1) is 26.7. The minimum atomic E-state index is -0.477. The number of piperidine rings is 1. The topological polar surface area (TPSA) is 45.7 Å². The van der Waals surface area contributed by atoms with Crippen LogP contribution in [0, 0.1) is 27.7 Å². The van der Waals surface area contributed by atoms with Crippen molar-refractivity contribution in [3.05, 3.63) is 82.5 Å². The lowest BCUT2D eigenvalue weighted by Gasteiger charge is -2.40. The SMILES string of the molecule is Cc1ccc(N(Cc2ccnc(-c3cc(C)c(C)c(C)c3)c2)C2CCN(C(=O)OC(C)(C)C)CC2)cc1. The second-order valence-electron chi connectivity index (χ2n) is 11.4. The number of anilines is 1. The Hall–Kier alpha value is -3.34. The highest BCUT2D eigenvalue weighted by Gasteiger charge is 2.30. The van der Waals surface area contributed by atoms with Gasteiger partial charge >= 0.3 is 6.09 Å². The summed E-state index contributed by atoms with van der Waals surface area (Å²) in [6, 6.07) is 17.9. The van der Waals surface area contributed by atoms with Gasteiger partial charge in [0.1, 0.15) is 5.60 Å². The van der Waals surface area contributed by atoms with Crippen LogP contribution in [-0.2, 0) is 11.3 Å². The Morgan fingerprint density at radius 3 is 2.19 bits per heavy atom. The summed E-state index contributed by atoms with van der Waals surface area (Å²) >= 11 is 0. The molecule has 0 radical (unpaired) electrons. The van der Waals surface area contributed by atoms with Crippen molar-refractivity contribution >= 4 is 11.8 Å².